The zero-order valence-corrected chi connectivity index (χ0v) is 24.3. The molecular formula is C27H53N2O9P. The van der Waals surface area contributed by atoms with Crippen LogP contribution in [0.3, 0.4) is 0 Å². The van der Waals surface area contributed by atoms with Crippen molar-refractivity contribution < 1.29 is 44.0 Å². The van der Waals surface area contributed by atoms with Crippen LogP contribution in [0, 0.1) is 0 Å². The summed E-state index contributed by atoms with van der Waals surface area (Å²) in [7, 11) is -4.76. The van der Waals surface area contributed by atoms with E-state index in [4.69, 9.17) is 14.5 Å². The molecule has 0 aromatic carbocycles. The van der Waals surface area contributed by atoms with E-state index in [0.29, 0.717) is 13.0 Å². The third-order valence-electron chi connectivity index (χ3n) is 7.54. The largest absolute Gasteiger partial charge is 0.469 e. The van der Waals surface area contributed by atoms with Gasteiger partial charge in [0.1, 0.15) is 30.8 Å². The molecule has 0 bridgehead atoms. The second-order valence-electron chi connectivity index (χ2n) is 11.0. The third kappa shape index (κ3) is 15.3. The summed E-state index contributed by atoms with van der Waals surface area (Å²) in [5.74, 6) is 0. The molecule has 6 atom stereocenters. The lowest BCUT2D eigenvalue weighted by atomic mass is 10.0. The highest BCUT2D eigenvalue weighted by Gasteiger charge is 2.45. The number of hydrogen-bond acceptors (Lipinski definition) is 9. The Labute approximate surface area is 233 Å². The summed E-state index contributed by atoms with van der Waals surface area (Å²) in [6, 6.07) is 0. The molecule has 0 radical (unpaired) electrons. The van der Waals surface area contributed by atoms with Crippen molar-refractivity contribution in [2.45, 2.75) is 146 Å². The average Bonchev–Trinajstić information content (AvgIpc) is 3.16. The second kappa shape index (κ2) is 19.5. The zero-order valence-electron chi connectivity index (χ0n) is 23.4. The lowest BCUT2D eigenvalue weighted by Gasteiger charge is -2.30. The molecule has 1 fully saturated rings. The molecule has 12 heteroatoms. The Hall–Kier alpha value is -0.590. The van der Waals surface area contributed by atoms with Gasteiger partial charge in [0.05, 0.1) is 6.61 Å². The predicted molar refractivity (Wildman–Crippen MR) is 148 cm³/mol. The maximum atomic E-state index is 11.1. The van der Waals surface area contributed by atoms with Gasteiger partial charge >= 0.3 is 7.82 Å². The maximum absolute atomic E-state index is 11.1. The van der Waals surface area contributed by atoms with E-state index in [0.717, 1.165) is 38.5 Å². The van der Waals surface area contributed by atoms with E-state index in [9.17, 15) is 25.0 Å². The number of ether oxygens (including phenoxy) is 1. The van der Waals surface area contributed by atoms with Crippen LogP contribution in [0.1, 0.15) is 109 Å². The van der Waals surface area contributed by atoms with Gasteiger partial charge in [0.25, 0.3) is 0 Å². The molecule has 0 amide bonds. The number of aliphatic hydroxyl groups is 4. The van der Waals surface area contributed by atoms with Crippen molar-refractivity contribution >= 4 is 7.82 Å². The van der Waals surface area contributed by atoms with Gasteiger partial charge in [-0.1, -0.05) is 89.9 Å². The Morgan fingerprint density at radius 3 is 1.77 bits per heavy atom. The van der Waals surface area contributed by atoms with Gasteiger partial charge in [0.2, 0.25) is 0 Å². The molecule has 0 saturated carbocycles. The fraction of sp³-hybridized carbons (Fsp3) is 0.926. The Balaban J connectivity index is 1.96. The molecule has 11 nitrogen and oxygen atoms in total. The SMILES string of the molecule is O=P(O)(O)OCC1OC(N2/C=C\C(O)NC(O)CCCCCCCCCCCCCCCCCC2)C(O)C1O. The van der Waals surface area contributed by atoms with Crippen molar-refractivity contribution in [1.29, 1.82) is 0 Å². The summed E-state index contributed by atoms with van der Waals surface area (Å²) in [6.45, 7) is -0.0980. The zero-order chi connectivity index (χ0) is 28.5. The molecule has 7 N–H and O–H groups in total. The molecule has 2 aliphatic heterocycles. The van der Waals surface area contributed by atoms with Crippen molar-refractivity contribution in [3.05, 3.63) is 12.3 Å². The van der Waals surface area contributed by atoms with Gasteiger partial charge in [-0.25, -0.2) is 4.57 Å². The highest BCUT2D eigenvalue weighted by Crippen LogP contribution is 2.37. The van der Waals surface area contributed by atoms with Crippen molar-refractivity contribution in [3.8, 4) is 0 Å². The van der Waals surface area contributed by atoms with Crippen LogP contribution in [0.5, 0.6) is 0 Å². The van der Waals surface area contributed by atoms with Gasteiger partial charge in [0, 0.05) is 12.7 Å². The Bertz CT molecular complexity index is 711. The summed E-state index contributed by atoms with van der Waals surface area (Å²) in [5.41, 5.74) is 0. The van der Waals surface area contributed by atoms with Gasteiger partial charge in [-0.15, -0.1) is 0 Å². The lowest BCUT2D eigenvalue weighted by Crippen LogP contribution is -2.42. The minimum absolute atomic E-state index is 0.478. The van der Waals surface area contributed by atoms with Crippen LogP contribution in [0.2, 0.25) is 0 Å². The first-order valence-corrected chi connectivity index (χ1v) is 16.5. The predicted octanol–water partition coefficient (Wildman–Crippen LogP) is 3.23. The van der Waals surface area contributed by atoms with Crippen molar-refractivity contribution in [1.82, 2.24) is 10.2 Å². The van der Waals surface area contributed by atoms with E-state index >= 15 is 0 Å². The minimum Gasteiger partial charge on any atom is -0.387 e. The molecule has 6 unspecified atom stereocenters. The van der Waals surface area contributed by atoms with Crippen molar-refractivity contribution in [3.63, 3.8) is 0 Å². The van der Waals surface area contributed by atoms with E-state index in [1.54, 1.807) is 11.1 Å². The van der Waals surface area contributed by atoms with Crippen molar-refractivity contribution in [2.24, 2.45) is 0 Å². The van der Waals surface area contributed by atoms with Gasteiger partial charge in [-0.2, -0.15) is 0 Å². The van der Waals surface area contributed by atoms with Gasteiger partial charge in [0.15, 0.2) is 6.23 Å². The van der Waals surface area contributed by atoms with E-state index in [2.05, 4.69) is 9.84 Å². The quantitative estimate of drug-likeness (QED) is 0.243. The maximum Gasteiger partial charge on any atom is 0.469 e. The molecule has 2 aliphatic rings. The average molecular weight is 581 g/mol. The van der Waals surface area contributed by atoms with E-state index in [-0.39, 0.29) is 0 Å². The smallest absolute Gasteiger partial charge is 0.387 e. The Morgan fingerprint density at radius 1 is 0.769 bits per heavy atom. The first kappa shape index (κ1) is 34.6. The molecule has 230 valence electrons. The second-order valence-corrected chi connectivity index (χ2v) is 12.2. The van der Waals surface area contributed by atoms with Crippen LogP contribution < -0.4 is 5.32 Å². The Morgan fingerprint density at radius 2 is 1.26 bits per heavy atom. The first-order chi connectivity index (χ1) is 18.7. The lowest BCUT2D eigenvalue weighted by molar-refractivity contribution is -0.0797. The molecule has 0 aromatic rings. The van der Waals surface area contributed by atoms with Crippen molar-refractivity contribution in [2.75, 3.05) is 13.2 Å². The number of nitrogens with zero attached hydrogens (tertiary/aromatic N) is 1. The van der Waals surface area contributed by atoms with Crippen LogP contribution in [-0.2, 0) is 13.8 Å². The Kier molecular flexibility index (Phi) is 17.3. The number of hydrogen-bond donors (Lipinski definition) is 7. The highest BCUT2D eigenvalue weighted by atomic mass is 31.2. The summed E-state index contributed by atoms with van der Waals surface area (Å²) in [5, 5.41) is 44.4. The molecule has 0 spiro atoms. The number of nitrogens with one attached hydrogen (secondary N) is 1. The molecule has 2 heterocycles. The van der Waals surface area contributed by atoms with E-state index < -0.39 is 51.4 Å². The number of aliphatic hydroxyl groups excluding tert-OH is 4. The summed E-state index contributed by atoms with van der Waals surface area (Å²) < 4.78 is 21.3. The fourth-order valence-electron chi connectivity index (χ4n) is 5.23. The van der Waals surface area contributed by atoms with Crippen LogP contribution >= 0.6 is 7.82 Å². The summed E-state index contributed by atoms with van der Waals surface area (Å²) >= 11 is 0. The molecule has 1 saturated heterocycles. The number of phosphoric ester groups is 1. The molecule has 39 heavy (non-hydrogen) atoms. The molecule has 2 rings (SSSR count). The van der Waals surface area contributed by atoms with Crippen LogP contribution in [-0.4, -0.2) is 85.3 Å². The highest BCUT2D eigenvalue weighted by molar-refractivity contribution is 7.46. The standard InChI is InChI=1S/C27H53N2O9P/c30-23-17-15-13-11-9-7-5-3-1-2-4-6-8-10-12-14-16-19-29(20-18-24(31)28-23)27-26(33)25(32)22(38-27)21-37-39(34,35)36/h18,20,22-28,30-33H,1-17,19,21H2,(H2,34,35,36)/b20-18-. The topological polar surface area (TPSA) is 172 Å². The third-order valence-corrected chi connectivity index (χ3v) is 8.02. The monoisotopic (exact) mass is 580 g/mol. The fourth-order valence-corrected chi connectivity index (χ4v) is 5.57. The van der Waals surface area contributed by atoms with E-state index in [1.165, 1.54) is 70.3 Å². The van der Waals surface area contributed by atoms with Crippen LogP contribution in [0.15, 0.2) is 12.3 Å². The number of rotatable bonds is 4. The minimum atomic E-state index is -4.76. The number of phosphoric acid groups is 1. The van der Waals surface area contributed by atoms with E-state index in [1.807, 2.05) is 0 Å². The van der Waals surface area contributed by atoms with Gasteiger partial charge < -0.3 is 39.8 Å². The van der Waals surface area contributed by atoms with Gasteiger partial charge in [-0.3, -0.25) is 9.84 Å². The van der Waals surface area contributed by atoms with Gasteiger partial charge in [-0.05, 0) is 25.3 Å². The molecule has 0 aromatic heterocycles. The normalized spacial score (nSPS) is 33.8. The summed E-state index contributed by atoms with van der Waals surface area (Å²) in [4.78, 5) is 19.6. The van der Waals surface area contributed by atoms with Crippen LogP contribution in [0.25, 0.3) is 0 Å². The van der Waals surface area contributed by atoms with Crippen LogP contribution in [0.4, 0.5) is 0 Å². The molecule has 0 aliphatic carbocycles. The summed E-state index contributed by atoms with van der Waals surface area (Å²) in [6.07, 6.45) is 15.3. The first-order valence-electron chi connectivity index (χ1n) is 15.0. The molecular weight excluding hydrogens is 527 g/mol.